The Hall–Kier alpha value is -2.07. The van der Waals surface area contributed by atoms with Gasteiger partial charge in [0.15, 0.2) is 6.10 Å². The summed E-state index contributed by atoms with van der Waals surface area (Å²) < 4.78 is 32.7. The molecule has 0 radical (unpaired) electrons. The van der Waals surface area contributed by atoms with Gasteiger partial charge in [-0.1, -0.05) is 152 Å². The minimum atomic E-state index is -4.40. The highest BCUT2D eigenvalue weighted by atomic mass is 31.2. The van der Waals surface area contributed by atoms with Crippen LogP contribution in [0, 0.1) is 0 Å². The molecule has 0 aromatic heterocycles. The lowest BCUT2D eigenvalue weighted by Crippen LogP contribution is -2.29. The maximum Gasteiger partial charge on any atom is 0.472 e. The lowest BCUT2D eigenvalue weighted by atomic mass is 10.0. The molecule has 3 atom stereocenters. The molecule has 0 aliphatic heterocycles. The van der Waals surface area contributed by atoms with Gasteiger partial charge in [0, 0.05) is 19.4 Å². The van der Waals surface area contributed by atoms with Crippen molar-refractivity contribution >= 4 is 19.8 Å². The van der Waals surface area contributed by atoms with Crippen molar-refractivity contribution in [3.05, 3.63) is 48.6 Å². The van der Waals surface area contributed by atoms with Gasteiger partial charge in [-0.15, -0.1) is 0 Å². The van der Waals surface area contributed by atoms with Crippen molar-refractivity contribution in [3.63, 3.8) is 0 Å². The molecule has 0 rings (SSSR count). The molecule has 0 fully saturated rings. The van der Waals surface area contributed by atoms with E-state index in [2.05, 4.69) is 43.4 Å². The monoisotopic (exact) mass is 784 g/mol. The van der Waals surface area contributed by atoms with Gasteiger partial charge in [0.25, 0.3) is 0 Å². The average molecular weight is 784 g/mol. The molecule has 314 valence electrons. The van der Waals surface area contributed by atoms with Gasteiger partial charge in [-0.05, 0) is 57.8 Å². The molecule has 0 saturated carbocycles. The summed E-state index contributed by atoms with van der Waals surface area (Å²) in [4.78, 5) is 34.8. The summed E-state index contributed by atoms with van der Waals surface area (Å²) in [6.45, 7) is 3.38. The minimum absolute atomic E-state index is 0.0384. The highest BCUT2D eigenvalue weighted by molar-refractivity contribution is 7.47. The summed E-state index contributed by atoms with van der Waals surface area (Å²) in [7, 11) is -4.40. The Morgan fingerprint density at radius 1 is 0.630 bits per heavy atom. The minimum Gasteiger partial charge on any atom is -0.462 e. The molecule has 0 amide bonds. The standard InChI is InChI=1S/C43H78NO9P/c1-3-5-6-7-8-9-10-11-12-16-19-22-25-28-31-34-42(46)50-38-41(39-52-54(48,49)51-37-36-44)53-43(47)35-32-29-26-23-20-17-14-13-15-18-21-24-27-30-33-40(45)4-2/h14-15,17-18,23-24,26-27,40-41,45H,3-13,16,19-22,25,28-39,44H2,1-2H3,(H,48,49)/b17-14-,18-15-,26-23-,27-24-. The van der Waals surface area contributed by atoms with Crippen LogP contribution in [0.15, 0.2) is 48.6 Å². The highest BCUT2D eigenvalue weighted by Gasteiger charge is 2.25. The molecule has 10 nitrogen and oxygen atoms in total. The van der Waals surface area contributed by atoms with Crippen LogP contribution >= 0.6 is 7.82 Å². The van der Waals surface area contributed by atoms with Crippen LogP contribution in [-0.2, 0) is 32.7 Å². The van der Waals surface area contributed by atoms with Gasteiger partial charge in [0.2, 0.25) is 0 Å². The largest absolute Gasteiger partial charge is 0.472 e. The molecule has 0 aromatic rings. The first-order valence-electron chi connectivity index (χ1n) is 21.2. The number of hydrogen-bond acceptors (Lipinski definition) is 9. The van der Waals surface area contributed by atoms with Crippen molar-refractivity contribution in [3.8, 4) is 0 Å². The van der Waals surface area contributed by atoms with Crippen molar-refractivity contribution in [2.75, 3.05) is 26.4 Å². The molecule has 0 aliphatic carbocycles. The second kappa shape index (κ2) is 39.2. The van der Waals surface area contributed by atoms with E-state index in [-0.39, 0.29) is 38.7 Å². The van der Waals surface area contributed by atoms with Crippen molar-refractivity contribution < 1.29 is 42.7 Å². The number of phosphoric acid groups is 1. The van der Waals surface area contributed by atoms with E-state index in [4.69, 9.17) is 24.3 Å². The third-order valence-corrected chi connectivity index (χ3v) is 9.87. The Morgan fingerprint density at radius 2 is 1.11 bits per heavy atom. The number of hydrogen-bond donors (Lipinski definition) is 3. The molecule has 4 N–H and O–H groups in total. The van der Waals surface area contributed by atoms with Crippen molar-refractivity contribution in [2.45, 2.75) is 187 Å². The van der Waals surface area contributed by atoms with Crippen LogP contribution in [0.4, 0.5) is 0 Å². The number of aliphatic hydroxyl groups excluding tert-OH is 1. The van der Waals surface area contributed by atoms with Gasteiger partial charge >= 0.3 is 19.8 Å². The Morgan fingerprint density at radius 3 is 1.63 bits per heavy atom. The number of rotatable bonds is 39. The second-order valence-corrected chi connectivity index (χ2v) is 15.5. The molecule has 3 unspecified atom stereocenters. The topological polar surface area (TPSA) is 155 Å². The summed E-state index contributed by atoms with van der Waals surface area (Å²) in [5.41, 5.74) is 5.34. The number of ether oxygens (including phenoxy) is 2. The van der Waals surface area contributed by atoms with E-state index in [1.807, 2.05) is 19.1 Å². The molecular formula is C43H78NO9P. The number of nitrogens with two attached hydrogens (primary N) is 1. The first kappa shape index (κ1) is 51.9. The summed E-state index contributed by atoms with van der Waals surface area (Å²) in [6, 6.07) is 0. The lowest BCUT2D eigenvalue weighted by Gasteiger charge is -2.19. The maximum absolute atomic E-state index is 12.5. The fourth-order valence-electron chi connectivity index (χ4n) is 5.55. The molecule has 0 bridgehead atoms. The van der Waals surface area contributed by atoms with Gasteiger partial charge in [-0.3, -0.25) is 18.6 Å². The third-order valence-electron chi connectivity index (χ3n) is 8.88. The number of allylic oxidation sites excluding steroid dienone is 8. The van der Waals surface area contributed by atoms with Gasteiger partial charge in [-0.2, -0.15) is 0 Å². The summed E-state index contributed by atoms with van der Waals surface area (Å²) in [5, 5.41) is 9.55. The summed E-state index contributed by atoms with van der Waals surface area (Å²) in [5.74, 6) is -0.911. The molecule has 0 heterocycles. The zero-order valence-electron chi connectivity index (χ0n) is 34.1. The molecule has 0 saturated heterocycles. The Balaban J connectivity index is 4.27. The van der Waals surface area contributed by atoms with Crippen LogP contribution in [-0.4, -0.2) is 60.5 Å². The number of carbonyl (C=O) groups excluding carboxylic acids is 2. The summed E-state index contributed by atoms with van der Waals surface area (Å²) >= 11 is 0. The molecule has 54 heavy (non-hydrogen) atoms. The van der Waals surface area contributed by atoms with Gasteiger partial charge < -0.3 is 25.2 Å². The van der Waals surface area contributed by atoms with Crippen LogP contribution < -0.4 is 5.73 Å². The van der Waals surface area contributed by atoms with E-state index < -0.39 is 32.5 Å². The number of carbonyl (C=O) groups is 2. The Bertz CT molecular complexity index is 1050. The van der Waals surface area contributed by atoms with Crippen LogP contribution in [0.2, 0.25) is 0 Å². The first-order chi connectivity index (χ1) is 26.2. The van der Waals surface area contributed by atoms with Crippen molar-refractivity contribution in [1.29, 1.82) is 0 Å². The number of esters is 2. The Labute approximate surface area is 329 Å². The normalized spacial score (nSPS) is 14.4. The molecule has 11 heteroatoms. The Kier molecular flexibility index (Phi) is 37.7. The van der Waals surface area contributed by atoms with E-state index in [9.17, 15) is 24.2 Å². The first-order valence-corrected chi connectivity index (χ1v) is 22.7. The zero-order valence-corrected chi connectivity index (χ0v) is 35.0. The SMILES string of the molecule is CCCCCCCCCCCCCCCCCC(=O)OCC(COP(=O)(O)OCCN)OC(=O)CCC/C=C\C/C=C\C/C=C\C/C=C\CCC(O)CC. The van der Waals surface area contributed by atoms with Crippen LogP contribution in [0.25, 0.3) is 0 Å². The molecule has 0 aliphatic rings. The maximum atomic E-state index is 12.5. The predicted molar refractivity (Wildman–Crippen MR) is 221 cm³/mol. The molecular weight excluding hydrogens is 705 g/mol. The average Bonchev–Trinajstić information content (AvgIpc) is 3.16. The molecule has 0 spiro atoms. The number of aliphatic hydroxyl groups is 1. The molecule has 0 aromatic carbocycles. The second-order valence-electron chi connectivity index (χ2n) is 14.0. The van der Waals surface area contributed by atoms with Crippen LogP contribution in [0.1, 0.15) is 174 Å². The quantitative estimate of drug-likeness (QED) is 0.0237. The van der Waals surface area contributed by atoms with Crippen molar-refractivity contribution in [1.82, 2.24) is 0 Å². The van der Waals surface area contributed by atoms with E-state index in [1.54, 1.807) is 0 Å². The van der Waals surface area contributed by atoms with Gasteiger partial charge in [0.05, 0.1) is 19.3 Å². The lowest BCUT2D eigenvalue weighted by molar-refractivity contribution is -0.161. The van der Waals surface area contributed by atoms with E-state index in [0.29, 0.717) is 12.8 Å². The number of unbranched alkanes of at least 4 members (excludes halogenated alkanes) is 15. The van der Waals surface area contributed by atoms with E-state index in [0.717, 1.165) is 57.8 Å². The van der Waals surface area contributed by atoms with Crippen molar-refractivity contribution in [2.24, 2.45) is 5.73 Å². The smallest absolute Gasteiger partial charge is 0.462 e. The van der Waals surface area contributed by atoms with E-state index in [1.165, 1.54) is 77.0 Å². The van der Waals surface area contributed by atoms with Crippen LogP contribution in [0.5, 0.6) is 0 Å². The van der Waals surface area contributed by atoms with Gasteiger partial charge in [-0.25, -0.2) is 4.57 Å². The van der Waals surface area contributed by atoms with Crippen LogP contribution in [0.3, 0.4) is 0 Å². The predicted octanol–water partition coefficient (Wildman–Crippen LogP) is 10.9. The third kappa shape index (κ3) is 38.2. The zero-order chi connectivity index (χ0) is 39.8. The summed E-state index contributed by atoms with van der Waals surface area (Å²) in [6.07, 6.45) is 40.9. The fraction of sp³-hybridized carbons (Fsp3) is 0.767. The highest BCUT2D eigenvalue weighted by Crippen LogP contribution is 2.43. The van der Waals surface area contributed by atoms with E-state index >= 15 is 0 Å². The van der Waals surface area contributed by atoms with Gasteiger partial charge in [0.1, 0.15) is 6.61 Å². The fourth-order valence-corrected chi connectivity index (χ4v) is 6.31. The number of phosphoric ester groups is 1.